The zero-order valence-corrected chi connectivity index (χ0v) is 7.36. The van der Waals surface area contributed by atoms with E-state index in [1.807, 2.05) is 0 Å². The first kappa shape index (κ1) is 8.00. The van der Waals surface area contributed by atoms with Crippen LogP contribution in [0.25, 0.3) is 0 Å². The number of thiazole rings is 1. The normalized spacial score (nSPS) is 9.85. The molecule has 2 rings (SSSR count). The fraction of sp³-hybridized carbons (Fsp3) is 0. The maximum absolute atomic E-state index is 11.5. The fourth-order valence-electron chi connectivity index (χ4n) is 0.872. The highest BCUT2D eigenvalue weighted by atomic mass is 32.1. The quantitative estimate of drug-likeness (QED) is 0.668. The first-order chi connectivity index (χ1) is 6.38. The van der Waals surface area contributed by atoms with Crippen LogP contribution in [-0.2, 0) is 0 Å². The Labute approximate surface area is 78.3 Å². The molecule has 2 heterocycles. The van der Waals surface area contributed by atoms with Crippen molar-refractivity contribution in [1.82, 2.24) is 15.0 Å². The summed E-state index contributed by atoms with van der Waals surface area (Å²) in [6, 6.07) is 0. The van der Waals surface area contributed by atoms with Gasteiger partial charge < -0.3 is 0 Å². The smallest absolute Gasteiger partial charge is 0.232 e. The first-order valence-corrected chi connectivity index (χ1v) is 4.51. The largest absolute Gasteiger partial charge is 0.285 e. The molecular formula is C8H5N3OS. The summed E-state index contributed by atoms with van der Waals surface area (Å²) in [4.78, 5) is 23.1. The number of rotatable bonds is 2. The molecule has 0 aliphatic heterocycles. The van der Waals surface area contributed by atoms with Gasteiger partial charge in [0.05, 0.1) is 11.7 Å². The molecule has 0 radical (unpaired) electrons. The highest BCUT2D eigenvalue weighted by Crippen LogP contribution is 2.06. The Bertz CT molecular complexity index is 399. The minimum Gasteiger partial charge on any atom is -0.285 e. The molecule has 0 unspecified atom stereocenters. The van der Waals surface area contributed by atoms with Crippen molar-refractivity contribution in [3.8, 4) is 0 Å². The average Bonchev–Trinajstić information content (AvgIpc) is 2.71. The van der Waals surface area contributed by atoms with E-state index in [2.05, 4.69) is 15.0 Å². The summed E-state index contributed by atoms with van der Waals surface area (Å²) in [6.07, 6.45) is 4.44. The van der Waals surface area contributed by atoms with E-state index in [4.69, 9.17) is 0 Å². The standard InChI is InChI=1S/C8H5N3OS/c12-8(7-4-13-5-11-7)6-3-9-1-2-10-6/h1-5H. The summed E-state index contributed by atoms with van der Waals surface area (Å²) in [6.45, 7) is 0. The number of carbonyl (C=O) groups excluding carboxylic acids is 1. The van der Waals surface area contributed by atoms with Crippen LogP contribution in [0.1, 0.15) is 16.2 Å². The predicted octanol–water partition coefficient (Wildman–Crippen LogP) is 1.16. The molecule has 0 N–H and O–H groups in total. The van der Waals surface area contributed by atoms with Gasteiger partial charge in [-0.1, -0.05) is 0 Å². The van der Waals surface area contributed by atoms with Gasteiger partial charge in [-0.15, -0.1) is 11.3 Å². The van der Waals surface area contributed by atoms with Crippen LogP contribution in [0.4, 0.5) is 0 Å². The van der Waals surface area contributed by atoms with Crippen molar-refractivity contribution in [2.45, 2.75) is 0 Å². The predicted molar refractivity (Wildman–Crippen MR) is 47.6 cm³/mol. The zero-order chi connectivity index (χ0) is 9.10. The highest BCUT2D eigenvalue weighted by Gasteiger charge is 2.11. The Morgan fingerprint density at radius 2 is 2.15 bits per heavy atom. The van der Waals surface area contributed by atoms with Gasteiger partial charge in [-0.05, 0) is 0 Å². The van der Waals surface area contributed by atoms with Crippen LogP contribution in [0, 0.1) is 0 Å². The topological polar surface area (TPSA) is 55.7 Å². The van der Waals surface area contributed by atoms with E-state index >= 15 is 0 Å². The second-order valence-electron chi connectivity index (χ2n) is 2.29. The Morgan fingerprint density at radius 1 is 1.23 bits per heavy atom. The van der Waals surface area contributed by atoms with Crippen LogP contribution < -0.4 is 0 Å². The van der Waals surface area contributed by atoms with Crippen LogP contribution in [0.3, 0.4) is 0 Å². The Kier molecular flexibility index (Phi) is 2.09. The number of hydrogen-bond donors (Lipinski definition) is 0. The van der Waals surface area contributed by atoms with Gasteiger partial charge in [0.2, 0.25) is 5.78 Å². The van der Waals surface area contributed by atoms with Crippen molar-refractivity contribution in [3.63, 3.8) is 0 Å². The molecule has 5 heteroatoms. The lowest BCUT2D eigenvalue weighted by Crippen LogP contribution is -2.04. The monoisotopic (exact) mass is 191 g/mol. The molecule has 0 saturated carbocycles. The van der Waals surface area contributed by atoms with Gasteiger partial charge in [0.1, 0.15) is 11.4 Å². The van der Waals surface area contributed by atoms with Crippen molar-refractivity contribution in [1.29, 1.82) is 0 Å². The van der Waals surface area contributed by atoms with E-state index in [1.165, 1.54) is 29.9 Å². The third-order valence-corrected chi connectivity index (χ3v) is 2.05. The maximum atomic E-state index is 11.5. The molecule has 0 atom stereocenters. The molecular weight excluding hydrogens is 186 g/mol. The molecule has 64 valence electrons. The second kappa shape index (κ2) is 3.40. The second-order valence-corrected chi connectivity index (χ2v) is 3.01. The zero-order valence-electron chi connectivity index (χ0n) is 6.54. The summed E-state index contributed by atoms with van der Waals surface area (Å²) in [5, 5.41) is 1.69. The molecule has 0 aliphatic carbocycles. The van der Waals surface area contributed by atoms with Gasteiger partial charge in [-0.25, -0.2) is 9.97 Å². The van der Waals surface area contributed by atoms with Crippen LogP contribution in [-0.4, -0.2) is 20.7 Å². The number of hydrogen-bond acceptors (Lipinski definition) is 5. The van der Waals surface area contributed by atoms with Gasteiger partial charge in [0.25, 0.3) is 0 Å². The number of nitrogens with zero attached hydrogens (tertiary/aromatic N) is 3. The molecule has 0 spiro atoms. The molecule has 0 bridgehead atoms. The highest BCUT2D eigenvalue weighted by molar-refractivity contribution is 7.07. The van der Waals surface area contributed by atoms with Crippen molar-refractivity contribution in [2.75, 3.05) is 0 Å². The van der Waals surface area contributed by atoms with Crippen LogP contribution in [0.2, 0.25) is 0 Å². The molecule has 2 aromatic rings. The minimum atomic E-state index is -0.186. The SMILES string of the molecule is O=C(c1cnccn1)c1cscn1. The third kappa shape index (κ3) is 1.59. The number of ketones is 1. The van der Waals surface area contributed by atoms with E-state index in [1.54, 1.807) is 10.9 Å². The van der Waals surface area contributed by atoms with E-state index in [9.17, 15) is 4.79 Å². The summed E-state index contributed by atoms with van der Waals surface area (Å²) >= 11 is 1.38. The summed E-state index contributed by atoms with van der Waals surface area (Å²) < 4.78 is 0. The third-order valence-electron chi connectivity index (χ3n) is 1.46. The molecule has 0 aromatic carbocycles. The van der Waals surface area contributed by atoms with Crippen molar-refractivity contribution in [3.05, 3.63) is 40.9 Å². The minimum absolute atomic E-state index is 0.186. The molecule has 13 heavy (non-hydrogen) atoms. The van der Waals surface area contributed by atoms with Crippen molar-refractivity contribution >= 4 is 17.1 Å². The van der Waals surface area contributed by atoms with E-state index in [0.29, 0.717) is 11.4 Å². The van der Waals surface area contributed by atoms with Gasteiger partial charge in [0, 0.05) is 17.8 Å². The molecule has 0 saturated heterocycles. The Hall–Kier alpha value is -1.62. The molecule has 0 amide bonds. The number of aromatic nitrogens is 3. The lowest BCUT2D eigenvalue weighted by atomic mass is 10.2. The van der Waals surface area contributed by atoms with Crippen LogP contribution >= 0.6 is 11.3 Å². The molecule has 0 fully saturated rings. The van der Waals surface area contributed by atoms with Crippen LogP contribution in [0.5, 0.6) is 0 Å². The lowest BCUT2D eigenvalue weighted by Gasteiger charge is -1.93. The maximum Gasteiger partial charge on any atom is 0.232 e. The average molecular weight is 191 g/mol. The Morgan fingerprint density at radius 3 is 2.77 bits per heavy atom. The van der Waals surface area contributed by atoms with Gasteiger partial charge in [0.15, 0.2) is 0 Å². The van der Waals surface area contributed by atoms with Gasteiger partial charge >= 0.3 is 0 Å². The van der Waals surface area contributed by atoms with E-state index < -0.39 is 0 Å². The number of carbonyl (C=O) groups is 1. The molecule has 4 nitrogen and oxygen atoms in total. The fourth-order valence-corrected chi connectivity index (χ4v) is 1.40. The lowest BCUT2D eigenvalue weighted by molar-refractivity contribution is 0.103. The van der Waals surface area contributed by atoms with Gasteiger partial charge in [-0.3, -0.25) is 9.78 Å². The summed E-state index contributed by atoms with van der Waals surface area (Å²) in [5.41, 5.74) is 2.36. The van der Waals surface area contributed by atoms with Crippen LogP contribution in [0.15, 0.2) is 29.5 Å². The summed E-state index contributed by atoms with van der Waals surface area (Å²) in [5.74, 6) is -0.186. The summed E-state index contributed by atoms with van der Waals surface area (Å²) in [7, 11) is 0. The van der Waals surface area contributed by atoms with Crippen molar-refractivity contribution < 1.29 is 4.79 Å². The van der Waals surface area contributed by atoms with E-state index in [0.717, 1.165) is 0 Å². The molecule has 0 aliphatic rings. The van der Waals surface area contributed by atoms with E-state index in [-0.39, 0.29) is 5.78 Å². The first-order valence-electron chi connectivity index (χ1n) is 3.57. The molecule has 2 aromatic heterocycles. The van der Waals surface area contributed by atoms with Crippen molar-refractivity contribution in [2.24, 2.45) is 0 Å². The van der Waals surface area contributed by atoms with Gasteiger partial charge in [-0.2, -0.15) is 0 Å². The Balaban J connectivity index is 2.34.